The van der Waals surface area contributed by atoms with Crippen molar-refractivity contribution in [3.63, 3.8) is 0 Å². The lowest BCUT2D eigenvalue weighted by molar-refractivity contribution is -0.215. The van der Waals surface area contributed by atoms with Crippen LogP contribution in [0.4, 0.5) is 0 Å². The smallest absolute Gasteiger partial charge is 0.225 e. The standard InChI is InChI=1S/C47H63N3O6/c1-5-49-41-20-19-30(2)12-6-7-25-56-29-34(15-8-13-31(41)3)39-27-35-16-10-22-46(55)23-21-36(40(18-11-24-51)47(35,46)44(39)54)32(4)42(52)26-33-14-9-17-37-38(33)28-43(53)50-45(37)48/h8-9,13-15,17,19,35,39-41,44-45,49,51,54-55H,3,5,10-12,16,18,20-29,48H2,1-2,4H3,(H,50,53)/b13-8+,30-19+,34-15-,36-32+/t35-,39+,40+,41-,44+,45-,46+,47+/m0/s1. The second-order valence-electron chi connectivity index (χ2n) is 16.8. The molecule has 5 aliphatic rings. The number of carbonyl (C=O) groups is 2. The topological polar surface area (TPSA) is 154 Å². The van der Waals surface area contributed by atoms with E-state index in [1.54, 1.807) is 0 Å². The van der Waals surface area contributed by atoms with Crippen LogP contribution in [-0.2, 0) is 27.2 Å². The van der Waals surface area contributed by atoms with Gasteiger partial charge in [-0.05, 0) is 117 Å². The van der Waals surface area contributed by atoms with Gasteiger partial charge in [-0.2, -0.15) is 0 Å². The highest BCUT2D eigenvalue weighted by atomic mass is 16.5. The van der Waals surface area contributed by atoms with Gasteiger partial charge < -0.3 is 36.4 Å². The summed E-state index contributed by atoms with van der Waals surface area (Å²) in [7, 11) is 0. The number of fused-ring (bicyclic) bond motifs is 1. The molecule has 3 aliphatic carbocycles. The Hall–Kier alpha value is -3.62. The number of hydrogen-bond donors (Lipinski definition) is 6. The van der Waals surface area contributed by atoms with Crippen LogP contribution in [0, 0.1) is 35.0 Å². The van der Waals surface area contributed by atoms with Crippen LogP contribution in [0.5, 0.6) is 0 Å². The van der Waals surface area contributed by atoms with E-state index in [-0.39, 0.29) is 61.5 Å². The van der Waals surface area contributed by atoms with Crippen LogP contribution >= 0.6 is 0 Å². The molecule has 0 bridgehead atoms. The predicted molar refractivity (Wildman–Crippen MR) is 220 cm³/mol. The van der Waals surface area contributed by atoms with E-state index in [1.807, 2.05) is 37.3 Å². The number of nitrogens with two attached hydrogens (primary N) is 1. The van der Waals surface area contributed by atoms with Gasteiger partial charge in [-0.1, -0.05) is 85.4 Å². The summed E-state index contributed by atoms with van der Waals surface area (Å²) in [5.41, 5.74) is 11.4. The first-order valence-corrected chi connectivity index (χ1v) is 20.8. The first-order chi connectivity index (χ1) is 26.9. The Morgan fingerprint density at radius 3 is 2.84 bits per heavy atom. The molecule has 6 rings (SSSR count). The van der Waals surface area contributed by atoms with Crippen molar-refractivity contribution in [1.82, 2.24) is 10.6 Å². The van der Waals surface area contributed by atoms with Crippen LogP contribution in [-0.4, -0.2) is 71.1 Å². The van der Waals surface area contributed by atoms with Crippen LogP contribution in [0.3, 0.4) is 0 Å². The summed E-state index contributed by atoms with van der Waals surface area (Å²) in [6, 6.07) is 5.77. The highest BCUT2D eigenvalue weighted by Gasteiger charge is 2.70. The molecule has 302 valence electrons. The molecule has 1 spiro atoms. The van der Waals surface area contributed by atoms with Gasteiger partial charge in [0.05, 0.1) is 24.7 Å². The summed E-state index contributed by atoms with van der Waals surface area (Å²) in [6.07, 6.45) is 13.7. The SMILES string of the molecule is C=C1/C=C/C=C(\[C@H]2C[C@@H]3CCC[C@@]4(O)CC/C(=C(/C)C(=O)Cc5cccc6c5CC(=O)N[C@@H]6N)[C@@H](CCCO)[C@@]34[C@@H]2O)COCC#CC/C(C)=C/C[C@@H]1NCC. The minimum absolute atomic E-state index is 0.00715. The van der Waals surface area contributed by atoms with Crippen LogP contribution in [0.2, 0.25) is 0 Å². The van der Waals surface area contributed by atoms with E-state index in [9.17, 15) is 24.9 Å². The Balaban J connectivity index is 1.36. The summed E-state index contributed by atoms with van der Waals surface area (Å²) < 4.78 is 6.19. The molecule has 1 amide bonds. The molecule has 7 N–H and O–H groups in total. The van der Waals surface area contributed by atoms with Gasteiger partial charge in [0.2, 0.25) is 5.91 Å². The van der Waals surface area contributed by atoms with E-state index in [1.165, 1.54) is 5.57 Å². The van der Waals surface area contributed by atoms with Crippen molar-refractivity contribution in [2.75, 3.05) is 26.4 Å². The Kier molecular flexibility index (Phi) is 13.7. The molecule has 56 heavy (non-hydrogen) atoms. The Morgan fingerprint density at radius 1 is 1.23 bits per heavy atom. The van der Waals surface area contributed by atoms with Crippen molar-refractivity contribution in [2.24, 2.45) is 28.9 Å². The zero-order valence-electron chi connectivity index (χ0n) is 33.7. The average Bonchev–Trinajstić information content (AvgIpc) is 3.47. The molecule has 3 fully saturated rings. The normalized spacial score (nSPS) is 35.7. The molecule has 2 aliphatic heterocycles. The van der Waals surface area contributed by atoms with Crippen molar-refractivity contribution < 1.29 is 29.6 Å². The third-order valence-corrected chi connectivity index (χ3v) is 13.7. The van der Waals surface area contributed by atoms with Gasteiger partial charge in [0, 0.05) is 36.8 Å². The van der Waals surface area contributed by atoms with Gasteiger partial charge in [0.25, 0.3) is 0 Å². The van der Waals surface area contributed by atoms with Crippen molar-refractivity contribution >= 4 is 11.7 Å². The van der Waals surface area contributed by atoms with Crippen LogP contribution in [0.25, 0.3) is 0 Å². The highest BCUT2D eigenvalue weighted by Crippen LogP contribution is 2.69. The number of ketones is 1. The number of aliphatic hydroxyl groups is 3. The summed E-state index contributed by atoms with van der Waals surface area (Å²) in [5.74, 6) is 5.64. The summed E-state index contributed by atoms with van der Waals surface area (Å²) in [6.45, 7) is 11.8. The molecule has 1 aromatic rings. The summed E-state index contributed by atoms with van der Waals surface area (Å²) in [4.78, 5) is 26.8. The molecule has 0 aromatic heterocycles. The fourth-order valence-corrected chi connectivity index (χ4v) is 11.0. The second kappa shape index (κ2) is 18.3. The summed E-state index contributed by atoms with van der Waals surface area (Å²) >= 11 is 0. The fraction of sp³-hybridized carbons (Fsp3) is 0.574. The third-order valence-electron chi connectivity index (χ3n) is 13.7. The maximum atomic E-state index is 14.3. The monoisotopic (exact) mass is 765 g/mol. The molecule has 0 unspecified atom stereocenters. The molecule has 8 atom stereocenters. The van der Waals surface area contributed by atoms with Crippen molar-refractivity contribution in [3.05, 3.63) is 93.6 Å². The van der Waals surface area contributed by atoms with E-state index in [0.717, 1.165) is 59.2 Å². The van der Waals surface area contributed by atoms with E-state index in [2.05, 4.69) is 55.1 Å². The minimum Gasteiger partial charge on any atom is -0.396 e. The molecule has 2 heterocycles. The highest BCUT2D eigenvalue weighted by molar-refractivity contribution is 5.97. The number of likely N-dealkylation sites (N-methyl/N-ethyl adjacent to an activating group) is 1. The number of aliphatic hydroxyl groups excluding tert-OH is 2. The van der Waals surface area contributed by atoms with Gasteiger partial charge in [-0.3, -0.25) is 9.59 Å². The number of Topliss-reactive ketones (excluding diaryl/α,β-unsaturated/α-hetero) is 1. The molecule has 9 heteroatoms. The van der Waals surface area contributed by atoms with Crippen molar-refractivity contribution in [1.29, 1.82) is 0 Å². The van der Waals surface area contributed by atoms with Crippen LogP contribution < -0.4 is 16.4 Å². The van der Waals surface area contributed by atoms with Crippen molar-refractivity contribution in [2.45, 2.75) is 122 Å². The fourth-order valence-electron chi connectivity index (χ4n) is 11.0. The average molecular weight is 766 g/mol. The zero-order chi connectivity index (χ0) is 40.0. The Morgan fingerprint density at radius 2 is 2.05 bits per heavy atom. The number of carbonyl (C=O) groups excluding carboxylic acids is 2. The molecule has 0 saturated heterocycles. The summed E-state index contributed by atoms with van der Waals surface area (Å²) in [5, 5.41) is 42.3. The van der Waals surface area contributed by atoms with Gasteiger partial charge in [0.15, 0.2) is 5.78 Å². The largest absolute Gasteiger partial charge is 0.396 e. The zero-order valence-corrected chi connectivity index (χ0v) is 33.7. The molecule has 0 radical (unpaired) electrons. The van der Waals surface area contributed by atoms with Gasteiger partial charge in [-0.25, -0.2) is 0 Å². The molecular formula is C47H63N3O6. The quantitative estimate of drug-likeness (QED) is 0.108. The first-order valence-electron chi connectivity index (χ1n) is 20.8. The van der Waals surface area contributed by atoms with Gasteiger partial charge >= 0.3 is 0 Å². The molecule has 9 nitrogen and oxygen atoms in total. The second-order valence-corrected chi connectivity index (χ2v) is 16.8. The lowest BCUT2D eigenvalue weighted by Crippen LogP contribution is -2.65. The van der Waals surface area contributed by atoms with Gasteiger partial charge in [0.1, 0.15) is 12.8 Å². The number of allylic oxidation sites excluding steroid dienone is 5. The Bertz CT molecular complexity index is 1850. The van der Waals surface area contributed by atoms with Crippen LogP contribution in [0.1, 0.15) is 108 Å². The third kappa shape index (κ3) is 8.34. The number of hydrogen-bond acceptors (Lipinski definition) is 8. The lowest BCUT2D eigenvalue weighted by Gasteiger charge is -2.61. The molecule has 3 saturated carbocycles. The number of amides is 1. The lowest BCUT2D eigenvalue weighted by atomic mass is 9.45. The predicted octanol–water partition coefficient (Wildman–Crippen LogP) is 5.60. The van der Waals surface area contributed by atoms with Crippen molar-refractivity contribution in [3.8, 4) is 11.8 Å². The first kappa shape index (κ1) is 42.0. The van der Waals surface area contributed by atoms with Crippen LogP contribution in [0.15, 0.2) is 76.9 Å². The number of nitrogens with one attached hydrogen (secondary N) is 2. The van der Waals surface area contributed by atoms with E-state index in [0.29, 0.717) is 57.1 Å². The van der Waals surface area contributed by atoms with E-state index < -0.39 is 23.3 Å². The molecular weight excluding hydrogens is 703 g/mol. The number of benzene rings is 1. The van der Waals surface area contributed by atoms with Gasteiger partial charge in [-0.15, -0.1) is 0 Å². The molecule has 1 aromatic carbocycles. The maximum absolute atomic E-state index is 14.3. The number of ether oxygens (including phenoxy) is 1. The van der Waals surface area contributed by atoms with E-state index in [4.69, 9.17) is 10.5 Å². The minimum atomic E-state index is -1.13. The number of rotatable bonds is 9. The Labute approximate surface area is 333 Å². The van der Waals surface area contributed by atoms with E-state index >= 15 is 0 Å². The maximum Gasteiger partial charge on any atom is 0.225 e.